The molecule has 0 spiro atoms. The van der Waals surface area contributed by atoms with E-state index < -0.39 is 8.07 Å². The van der Waals surface area contributed by atoms with Crippen molar-refractivity contribution < 1.29 is 9.31 Å². The summed E-state index contributed by atoms with van der Waals surface area (Å²) in [5, 5.41) is 1.61. The first-order chi connectivity index (χ1) is 30.8. The first-order valence-electron chi connectivity index (χ1n) is 26.8. The zero-order chi connectivity index (χ0) is 47.1. The van der Waals surface area contributed by atoms with Gasteiger partial charge in [-0.2, -0.15) is 0 Å². The minimum Gasteiger partial charge on any atom is -0.399 e. The smallest absolute Gasteiger partial charge is 0.399 e. The van der Waals surface area contributed by atoms with E-state index in [0.29, 0.717) is 23.7 Å². The Morgan fingerprint density at radius 3 is 1.31 bits per heavy atom. The lowest BCUT2D eigenvalue weighted by Crippen LogP contribution is -2.41. The van der Waals surface area contributed by atoms with Crippen molar-refractivity contribution in [3.63, 3.8) is 0 Å². The van der Waals surface area contributed by atoms with Gasteiger partial charge in [0.2, 0.25) is 0 Å². The van der Waals surface area contributed by atoms with Crippen LogP contribution in [0.15, 0.2) is 72.8 Å². The van der Waals surface area contributed by atoms with Crippen LogP contribution in [0, 0.1) is 23.7 Å². The Bertz CT molecular complexity index is 2230. The van der Waals surface area contributed by atoms with Crippen LogP contribution >= 0.6 is 0 Å². The highest BCUT2D eigenvalue weighted by Gasteiger charge is 2.53. The highest BCUT2D eigenvalue weighted by Crippen LogP contribution is 2.59. The fraction of sp³-hybridized carbons (Fsp3) is 0.607. The molecule has 0 bridgehead atoms. The summed E-state index contributed by atoms with van der Waals surface area (Å²) in [6.45, 7) is 35.7. The third-order valence-corrected chi connectivity index (χ3v) is 19.7. The molecule has 1 saturated heterocycles. The second-order valence-corrected chi connectivity index (χ2v) is 28.8. The molecule has 2 nitrogen and oxygen atoms in total. The minimum absolute atomic E-state index is 0.00687. The molecule has 2 aliphatic carbocycles. The number of benzene rings is 4. The van der Waals surface area contributed by atoms with Gasteiger partial charge in [0.05, 0.1) is 19.3 Å². The molecule has 4 unspecified atom stereocenters. The van der Waals surface area contributed by atoms with Crippen molar-refractivity contribution in [1.82, 2.24) is 0 Å². The average Bonchev–Trinajstić information content (AvgIpc) is 3.79. The van der Waals surface area contributed by atoms with Gasteiger partial charge in [0.15, 0.2) is 0 Å². The standard InChI is InChI=1S/C61H89BO2Si/c1-16-22-24-44(20-5)40-61(41-45(21-6)25-23-17-2)55-35-47(27-31-51(55)53-33-29-49(37-57(53)61)65(13,14)15)46-26-30-50-52-32-28-48(62-63-58(9,10)59(11,12)64-62)36-56(52)60(54(50)34-46,38-42(7)18-3)39-43(8)19-4/h26-37,42-45H,16-25,38-41H2,1-15H3. The van der Waals surface area contributed by atoms with Gasteiger partial charge in [0, 0.05) is 10.8 Å². The average molecular weight is 893 g/mol. The van der Waals surface area contributed by atoms with Crippen LogP contribution in [-0.4, -0.2) is 26.4 Å². The Hall–Kier alpha value is -2.92. The molecule has 1 heterocycles. The topological polar surface area (TPSA) is 18.5 Å². The fourth-order valence-electron chi connectivity index (χ4n) is 12.4. The van der Waals surface area contributed by atoms with Gasteiger partial charge in [0.25, 0.3) is 0 Å². The molecule has 0 aromatic heterocycles. The first kappa shape index (κ1) is 50.0. The third kappa shape index (κ3) is 9.47. The monoisotopic (exact) mass is 893 g/mol. The Balaban J connectivity index is 1.43. The van der Waals surface area contributed by atoms with Crippen LogP contribution in [0.4, 0.5) is 0 Å². The minimum atomic E-state index is -1.56. The molecule has 4 aromatic rings. The summed E-state index contributed by atoms with van der Waals surface area (Å²) in [5.41, 5.74) is 15.1. The van der Waals surface area contributed by atoms with Crippen molar-refractivity contribution in [3.8, 4) is 33.4 Å². The van der Waals surface area contributed by atoms with Crippen LogP contribution in [-0.2, 0) is 20.1 Å². The maximum absolute atomic E-state index is 6.72. The van der Waals surface area contributed by atoms with Crippen molar-refractivity contribution in [2.45, 2.75) is 215 Å². The zero-order valence-corrected chi connectivity index (χ0v) is 45.0. The maximum atomic E-state index is 6.72. The molecule has 4 heteroatoms. The lowest BCUT2D eigenvalue weighted by molar-refractivity contribution is 0.00578. The Morgan fingerprint density at radius 1 is 0.492 bits per heavy atom. The van der Waals surface area contributed by atoms with Gasteiger partial charge in [-0.1, -0.05) is 205 Å². The van der Waals surface area contributed by atoms with E-state index in [4.69, 9.17) is 9.31 Å². The van der Waals surface area contributed by atoms with E-state index in [0.717, 1.165) is 18.3 Å². The lowest BCUT2D eigenvalue weighted by atomic mass is 9.64. The van der Waals surface area contributed by atoms with Crippen molar-refractivity contribution in [2.24, 2.45) is 23.7 Å². The largest absolute Gasteiger partial charge is 0.494 e. The Morgan fingerprint density at radius 2 is 0.892 bits per heavy atom. The predicted molar refractivity (Wildman–Crippen MR) is 287 cm³/mol. The molecule has 4 atom stereocenters. The van der Waals surface area contributed by atoms with E-state index >= 15 is 0 Å². The molecule has 0 saturated carbocycles. The molecular formula is C61H89BO2Si. The second-order valence-electron chi connectivity index (χ2n) is 23.8. The van der Waals surface area contributed by atoms with Gasteiger partial charge in [-0.05, 0) is 150 Å². The van der Waals surface area contributed by atoms with Gasteiger partial charge >= 0.3 is 7.12 Å². The number of rotatable bonds is 21. The van der Waals surface area contributed by atoms with Crippen LogP contribution in [0.2, 0.25) is 19.6 Å². The normalized spacial score (nSPS) is 22.3. The molecule has 65 heavy (non-hydrogen) atoms. The van der Waals surface area contributed by atoms with Crippen molar-refractivity contribution in [1.29, 1.82) is 0 Å². The molecule has 0 N–H and O–H groups in total. The maximum Gasteiger partial charge on any atom is 0.494 e. The van der Waals surface area contributed by atoms with E-state index in [2.05, 4.69) is 176 Å². The summed E-state index contributed by atoms with van der Waals surface area (Å²) in [7, 11) is -1.94. The second kappa shape index (κ2) is 19.6. The molecule has 1 fully saturated rings. The quantitative estimate of drug-likeness (QED) is 0.0776. The summed E-state index contributed by atoms with van der Waals surface area (Å²) >= 11 is 0. The molecule has 4 aromatic carbocycles. The van der Waals surface area contributed by atoms with Gasteiger partial charge in [-0.25, -0.2) is 0 Å². The van der Waals surface area contributed by atoms with E-state index in [1.165, 1.54) is 122 Å². The lowest BCUT2D eigenvalue weighted by Gasteiger charge is -2.39. The van der Waals surface area contributed by atoms with Crippen molar-refractivity contribution in [2.75, 3.05) is 0 Å². The Kier molecular flexibility index (Phi) is 15.1. The van der Waals surface area contributed by atoms with Crippen LogP contribution in [0.3, 0.4) is 0 Å². The SMILES string of the molecule is CCCCC(CC)CC1(CC(CC)CCCC)c2cc(-c3ccc4c(c3)C(CC(C)CC)(CC(C)CC)c3cc(B5OC(C)(C)C(C)(C)O5)ccc3-4)ccc2-c2ccc([Si](C)(C)C)cc21. The molecule has 7 rings (SSSR count). The molecule has 0 amide bonds. The van der Waals surface area contributed by atoms with E-state index in [1.807, 2.05) is 0 Å². The van der Waals surface area contributed by atoms with Gasteiger partial charge in [-0.3, -0.25) is 0 Å². The van der Waals surface area contributed by atoms with Gasteiger partial charge in [0.1, 0.15) is 0 Å². The highest BCUT2D eigenvalue weighted by atomic mass is 28.3. The van der Waals surface area contributed by atoms with Crippen LogP contribution in [0.25, 0.3) is 33.4 Å². The Labute approximate surface area is 400 Å². The third-order valence-electron chi connectivity index (χ3n) is 17.6. The summed E-state index contributed by atoms with van der Waals surface area (Å²) in [6.07, 6.45) is 17.5. The van der Waals surface area contributed by atoms with Crippen LogP contribution in [0.1, 0.15) is 195 Å². The molecule has 3 aliphatic rings. The summed E-state index contributed by atoms with van der Waals surface area (Å²) in [4.78, 5) is 0. The predicted octanol–water partition coefficient (Wildman–Crippen LogP) is 16.8. The number of unbranched alkanes of at least 4 members (excludes halogenated alkanes) is 2. The van der Waals surface area contributed by atoms with Crippen LogP contribution in [0.5, 0.6) is 0 Å². The molecule has 352 valence electrons. The summed E-state index contributed by atoms with van der Waals surface area (Å²) in [6, 6.07) is 30.4. The van der Waals surface area contributed by atoms with E-state index in [-0.39, 0.29) is 29.2 Å². The van der Waals surface area contributed by atoms with Crippen molar-refractivity contribution in [3.05, 3.63) is 95.1 Å². The van der Waals surface area contributed by atoms with Gasteiger partial charge < -0.3 is 9.31 Å². The summed E-state index contributed by atoms with van der Waals surface area (Å²) in [5.74, 6) is 2.58. The first-order valence-corrected chi connectivity index (χ1v) is 30.3. The van der Waals surface area contributed by atoms with E-state index in [1.54, 1.807) is 16.3 Å². The number of hydrogen-bond acceptors (Lipinski definition) is 2. The van der Waals surface area contributed by atoms with E-state index in [9.17, 15) is 0 Å². The fourth-order valence-corrected chi connectivity index (χ4v) is 13.5. The molecule has 0 radical (unpaired) electrons. The summed E-state index contributed by atoms with van der Waals surface area (Å²) < 4.78 is 13.4. The molecule has 1 aliphatic heterocycles. The van der Waals surface area contributed by atoms with Crippen LogP contribution < -0.4 is 10.6 Å². The number of fused-ring (bicyclic) bond motifs is 6. The number of hydrogen-bond donors (Lipinski definition) is 0. The van der Waals surface area contributed by atoms with Gasteiger partial charge in [-0.15, -0.1) is 0 Å². The van der Waals surface area contributed by atoms with Crippen molar-refractivity contribution >= 4 is 25.8 Å². The molecular weight excluding hydrogens is 804 g/mol. The zero-order valence-electron chi connectivity index (χ0n) is 44.0. The highest BCUT2D eigenvalue weighted by molar-refractivity contribution is 6.88.